The van der Waals surface area contributed by atoms with Crippen molar-refractivity contribution >= 4 is 11.3 Å². The van der Waals surface area contributed by atoms with Crippen molar-refractivity contribution in [2.75, 3.05) is 0 Å². The molecule has 3 N–H and O–H groups in total. The molecule has 2 aromatic heterocycles. The highest BCUT2D eigenvalue weighted by molar-refractivity contribution is 7.12. The van der Waals surface area contributed by atoms with Crippen LogP contribution >= 0.6 is 11.3 Å². The predicted molar refractivity (Wildman–Crippen MR) is 64.0 cm³/mol. The van der Waals surface area contributed by atoms with Gasteiger partial charge in [-0.1, -0.05) is 5.21 Å². The molecule has 0 aliphatic heterocycles. The number of thiophene rings is 1. The number of rotatable bonds is 3. The molecule has 0 spiro atoms. The van der Waals surface area contributed by atoms with Gasteiger partial charge < -0.3 is 0 Å². The number of nitrogens with one attached hydrogen (secondary N) is 1. The number of hydrazine groups is 1. The van der Waals surface area contributed by atoms with Crippen molar-refractivity contribution in [3.05, 3.63) is 33.3 Å². The Hall–Kier alpha value is -1.24. The number of hydrogen-bond donors (Lipinski definition) is 2. The summed E-state index contributed by atoms with van der Waals surface area (Å²) in [5, 5.41) is 7.78. The molecular formula is C10H15N5S. The summed E-state index contributed by atoms with van der Waals surface area (Å²) in [6.07, 6.45) is 1.73. The standard InChI is InChI=1S/C10H15N5S/c1-6-4-9(16-7(6)2)10(13-11)8-5-12-14-15(8)3/h4-5,10,13H,11H2,1-3H3. The average Bonchev–Trinajstić information content (AvgIpc) is 2.78. The minimum Gasteiger partial charge on any atom is -0.270 e. The quantitative estimate of drug-likeness (QED) is 0.618. The van der Waals surface area contributed by atoms with Gasteiger partial charge >= 0.3 is 0 Å². The Morgan fingerprint density at radius 3 is 2.69 bits per heavy atom. The van der Waals surface area contributed by atoms with E-state index < -0.39 is 0 Å². The summed E-state index contributed by atoms with van der Waals surface area (Å²) in [5.74, 6) is 5.61. The van der Waals surface area contributed by atoms with Gasteiger partial charge in [-0.25, -0.2) is 5.43 Å². The largest absolute Gasteiger partial charge is 0.270 e. The van der Waals surface area contributed by atoms with Gasteiger partial charge in [0.15, 0.2) is 0 Å². The van der Waals surface area contributed by atoms with E-state index in [2.05, 4.69) is 35.7 Å². The molecule has 0 aliphatic carbocycles. The van der Waals surface area contributed by atoms with Gasteiger partial charge in [-0.2, -0.15) is 0 Å². The first kappa shape index (κ1) is 11.3. The van der Waals surface area contributed by atoms with Gasteiger partial charge in [0.05, 0.1) is 17.9 Å². The molecule has 16 heavy (non-hydrogen) atoms. The number of aromatic nitrogens is 3. The van der Waals surface area contributed by atoms with Crippen LogP contribution in [0, 0.1) is 13.8 Å². The normalized spacial score (nSPS) is 13.0. The topological polar surface area (TPSA) is 68.8 Å². The Kier molecular flexibility index (Phi) is 3.04. The van der Waals surface area contributed by atoms with E-state index in [1.165, 1.54) is 15.3 Å². The predicted octanol–water partition coefficient (Wildman–Crippen LogP) is 1.05. The third-order valence-electron chi connectivity index (χ3n) is 2.68. The van der Waals surface area contributed by atoms with Crippen molar-refractivity contribution in [3.63, 3.8) is 0 Å². The Balaban J connectivity index is 2.40. The lowest BCUT2D eigenvalue weighted by atomic mass is 10.1. The number of aryl methyl sites for hydroxylation is 3. The highest BCUT2D eigenvalue weighted by Crippen LogP contribution is 2.29. The van der Waals surface area contributed by atoms with E-state index in [4.69, 9.17) is 5.84 Å². The maximum absolute atomic E-state index is 5.61. The van der Waals surface area contributed by atoms with Crippen molar-refractivity contribution < 1.29 is 0 Å². The van der Waals surface area contributed by atoms with E-state index in [1.54, 1.807) is 22.2 Å². The van der Waals surface area contributed by atoms with Crippen LogP contribution in [-0.4, -0.2) is 15.0 Å². The fourth-order valence-corrected chi connectivity index (χ4v) is 2.73. The average molecular weight is 237 g/mol. The molecule has 0 aliphatic rings. The summed E-state index contributed by atoms with van der Waals surface area (Å²) in [4.78, 5) is 2.49. The van der Waals surface area contributed by atoms with Gasteiger partial charge in [0, 0.05) is 16.8 Å². The molecule has 2 rings (SSSR count). The van der Waals surface area contributed by atoms with Crippen molar-refractivity contribution in [3.8, 4) is 0 Å². The third-order valence-corrected chi connectivity index (χ3v) is 3.90. The lowest BCUT2D eigenvalue weighted by Crippen LogP contribution is -2.29. The van der Waals surface area contributed by atoms with Gasteiger partial charge in [-0.3, -0.25) is 10.5 Å². The third kappa shape index (κ3) is 1.87. The smallest absolute Gasteiger partial charge is 0.0986 e. The van der Waals surface area contributed by atoms with Crippen molar-refractivity contribution in [1.29, 1.82) is 0 Å². The number of nitrogens with two attached hydrogens (primary N) is 1. The summed E-state index contributed by atoms with van der Waals surface area (Å²) in [6, 6.07) is 2.11. The van der Waals surface area contributed by atoms with Crippen LogP contribution in [0.2, 0.25) is 0 Å². The Morgan fingerprint density at radius 1 is 1.50 bits per heavy atom. The molecule has 2 heterocycles. The zero-order chi connectivity index (χ0) is 11.7. The van der Waals surface area contributed by atoms with E-state index in [1.807, 2.05) is 7.05 Å². The first-order valence-corrected chi connectivity index (χ1v) is 5.82. The van der Waals surface area contributed by atoms with E-state index in [9.17, 15) is 0 Å². The van der Waals surface area contributed by atoms with E-state index >= 15 is 0 Å². The lowest BCUT2D eigenvalue weighted by Gasteiger charge is -2.13. The lowest BCUT2D eigenvalue weighted by molar-refractivity contribution is 0.576. The van der Waals surface area contributed by atoms with Gasteiger partial charge in [0.2, 0.25) is 0 Å². The zero-order valence-corrected chi connectivity index (χ0v) is 10.4. The molecule has 0 fully saturated rings. The van der Waals surface area contributed by atoms with Crippen LogP contribution in [0.4, 0.5) is 0 Å². The van der Waals surface area contributed by atoms with Gasteiger partial charge in [-0.05, 0) is 25.5 Å². The van der Waals surface area contributed by atoms with Crippen molar-refractivity contribution in [2.24, 2.45) is 12.9 Å². The van der Waals surface area contributed by atoms with Crippen LogP contribution in [0.15, 0.2) is 12.3 Å². The van der Waals surface area contributed by atoms with E-state index in [0.29, 0.717) is 0 Å². The highest BCUT2D eigenvalue weighted by Gasteiger charge is 2.18. The van der Waals surface area contributed by atoms with Crippen molar-refractivity contribution in [1.82, 2.24) is 20.4 Å². The van der Waals surface area contributed by atoms with Gasteiger partial charge in [0.25, 0.3) is 0 Å². The molecule has 1 unspecified atom stereocenters. The van der Waals surface area contributed by atoms with Crippen LogP contribution in [-0.2, 0) is 7.05 Å². The highest BCUT2D eigenvalue weighted by atomic mass is 32.1. The van der Waals surface area contributed by atoms with Crippen LogP contribution in [0.25, 0.3) is 0 Å². The molecule has 0 amide bonds. The molecule has 0 bridgehead atoms. The second kappa shape index (κ2) is 4.32. The van der Waals surface area contributed by atoms with E-state index in [0.717, 1.165) is 5.69 Å². The van der Waals surface area contributed by atoms with Crippen molar-refractivity contribution in [2.45, 2.75) is 19.9 Å². The second-order valence-corrected chi connectivity index (χ2v) is 5.06. The summed E-state index contributed by atoms with van der Waals surface area (Å²) >= 11 is 1.74. The van der Waals surface area contributed by atoms with Gasteiger partial charge in [0.1, 0.15) is 0 Å². The second-order valence-electron chi connectivity index (χ2n) is 3.77. The Morgan fingerprint density at radius 2 is 2.25 bits per heavy atom. The molecule has 0 saturated carbocycles. The fraction of sp³-hybridized carbons (Fsp3) is 0.400. The SMILES string of the molecule is Cc1cc(C(NN)c2cnnn2C)sc1C. The zero-order valence-electron chi connectivity index (χ0n) is 9.56. The number of hydrogen-bond acceptors (Lipinski definition) is 5. The minimum atomic E-state index is -0.0441. The molecule has 0 aromatic carbocycles. The number of nitrogens with zero attached hydrogens (tertiary/aromatic N) is 3. The molecule has 0 saturated heterocycles. The van der Waals surface area contributed by atoms with Gasteiger partial charge in [-0.15, -0.1) is 16.4 Å². The maximum Gasteiger partial charge on any atom is 0.0986 e. The van der Waals surface area contributed by atoms with Crippen LogP contribution < -0.4 is 11.3 Å². The van der Waals surface area contributed by atoms with Crippen LogP contribution in [0.1, 0.15) is 27.1 Å². The minimum absolute atomic E-state index is 0.0441. The summed E-state index contributed by atoms with van der Waals surface area (Å²) in [5.41, 5.74) is 5.06. The molecule has 2 aromatic rings. The molecule has 6 heteroatoms. The fourth-order valence-electron chi connectivity index (χ4n) is 1.62. The summed E-state index contributed by atoms with van der Waals surface area (Å²) < 4.78 is 1.73. The molecule has 5 nitrogen and oxygen atoms in total. The first-order valence-electron chi connectivity index (χ1n) is 5.01. The monoisotopic (exact) mass is 237 g/mol. The first-order chi connectivity index (χ1) is 7.63. The Bertz CT molecular complexity index is 468. The molecule has 86 valence electrons. The summed E-state index contributed by atoms with van der Waals surface area (Å²) in [7, 11) is 1.86. The van der Waals surface area contributed by atoms with Crippen LogP contribution in [0.5, 0.6) is 0 Å². The Labute approximate surface area is 98.2 Å². The van der Waals surface area contributed by atoms with E-state index in [-0.39, 0.29) is 6.04 Å². The van der Waals surface area contributed by atoms with Crippen LogP contribution in [0.3, 0.4) is 0 Å². The maximum atomic E-state index is 5.61. The summed E-state index contributed by atoms with van der Waals surface area (Å²) in [6.45, 7) is 4.21. The molecule has 1 atom stereocenters. The molecular weight excluding hydrogens is 222 g/mol. The molecule has 0 radical (unpaired) electrons.